The molecule has 1 fully saturated rings. The van der Waals surface area contributed by atoms with Crippen LogP contribution in [-0.2, 0) is 15.5 Å². The number of ether oxygens (including phenoxy) is 1. The third-order valence-electron chi connectivity index (χ3n) is 3.08. The standard InChI is InChI=1S/C14H21N3O3S/c1-10-5-6-12(16-15-10)21(19)11-7-8-17(9-11)13(18)20-14(2,3)4/h5-6,11H,7-9H2,1-4H3/t11-,21-/m0/s1. The molecule has 0 radical (unpaired) electrons. The topological polar surface area (TPSA) is 72.4 Å². The Bertz CT molecular complexity index is 539. The molecule has 2 rings (SSSR count). The normalized spacial score (nSPS) is 20.4. The number of aromatic nitrogens is 2. The number of nitrogens with zero attached hydrogens (tertiary/aromatic N) is 3. The fraction of sp³-hybridized carbons (Fsp3) is 0.643. The molecule has 6 nitrogen and oxygen atoms in total. The monoisotopic (exact) mass is 311 g/mol. The first-order chi connectivity index (χ1) is 9.76. The molecule has 1 aromatic rings. The summed E-state index contributed by atoms with van der Waals surface area (Å²) in [4.78, 5) is 13.6. The Labute approximate surface area is 127 Å². The molecule has 1 aliphatic rings. The second kappa shape index (κ2) is 6.09. The van der Waals surface area contributed by atoms with Crippen LogP contribution in [0.3, 0.4) is 0 Å². The summed E-state index contributed by atoms with van der Waals surface area (Å²) in [6.45, 7) is 8.32. The fourth-order valence-electron chi connectivity index (χ4n) is 2.06. The number of aryl methyl sites for hydroxylation is 1. The Kier molecular flexibility index (Phi) is 4.61. The number of carbonyl (C=O) groups is 1. The van der Waals surface area contributed by atoms with E-state index in [1.807, 2.05) is 27.7 Å². The van der Waals surface area contributed by atoms with Crippen LogP contribution >= 0.6 is 0 Å². The Hall–Kier alpha value is -1.50. The van der Waals surface area contributed by atoms with E-state index < -0.39 is 16.4 Å². The summed E-state index contributed by atoms with van der Waals surface area (Å²) >= 11 is 0. The lowest BCUT2D eigenvalue weighted by Crippen LogP contribution is -2.36. The van der Waals surface area contributed by atoms with E-state index in [1.165, 1.54) is 0 Å². The van der Waals surface area contributed by atoms with Crippen LogP contribution in [0.5, 0.6) is 0 Å². The van der Waals surface area contributed by atoms with Crippen LogP contribution < -0.4 is 0 Å². The van der Waals surface area contributed by atoms with Gasteiger partial charge in [-0.2, -0.15) is 5.10 Å². The molecule has 116 valence electrons. The maximum atomic E-state index is 12.4. The van der Waals surface area contributed by atoms with Gasteiger partial charge in [-0.1, -0.05) is 0 Å². The first-order valence-electron chi connectivity index (χ1n) is 6.95. The van der Waals surface area contributed by atoms with Gasteiger partial charge in [0.05, 0.1) is 21.7 Å². The summed E-state index contributed by atoms with van der Waals surface area (Å²) in [6.07, 6.45) is 0.332. The Morgan fingerprint density at radius 1 is 1.38 bits per heavy atom. The van der Waals surface area contributed by atoms with Gasteiger partial charge in [0.2, 0.25) is 0 Å². The van der Waals surface area contributed by atoms with E-state index in [2.05, 4.69) is 10.2 Å². The highest BCUT2D eigenvalue weighted by atomic mass is 32.2. The van der Waals surface area contributed by atoms with E-state index >= 15 is 0 Å². The summed E-state index contributed by atoms with van der Waals surface area (Å²) in [5.74, 6) is 0. The lowest BCUT2D eigenvalue weighted by atomic mass is 10.2. The molecule has 2 heterocycles. The van der Waals surface area contributed by atoms with Crippen LogP contribution in [-0.4, -0.2) is 49.3 Å². The average molecular weight is 311 g/mol. The second-order valence-corrected chi connectivity index (χ2v) is 7.83. The largest absolute Gasteiger partial charge is 0.444 e. The van der Waals surface area contributed by atoms with Crippen molar-refractivity contribution < 1.29 is 13.7 Å². The maximum Gasteiger partial charge on any atom is 0.410 e. The molecule has 1 aliphatic heterocycles. The van der Waals surface area contributed by atoms with E-state index in [9.17, 15) is 9.00 Å². The van der Waals surface area contributed by atoms with E-state index in [0.29, 0.717) is 24.5 Å². The molecule has 0 aliphatic carbocycles. The van der Waals surface area contributed by atoms with Gasteiger partial charge in [-0.25, -0.2) is 4.79 Å². The highest BCUT2D eigenvalue weighted by Crippen LogP contribution is 2.21. The summed E-state index contributed by atoms with van der Waals surface area (Å²) in [6, 6.07) is 3.52. The second-order valence-electron chi connectivity index (χ2n) is 6.15. The van der Waals surface area contributed by atoms with Crippen molar-refractivity contribution in [2.24, 2.45) is 0 Å². The minimum Gasteiger partial charge on any atom is -0.444 e. The molecule has 1 amide bonds. The van der Waals surface area contributed by atoms with Gasteiger partial charge in [0.1, 0.15) is 10.6 Å². The molecular formula is C14H21N3O3S. The van der Waals surface area contributed by atoms with Crippen molar-refractivity contribution in [2.45, 2.75) is 50.0 Å². The van der Waals surface area contributed by atoms with E-state index in [0.717, 1.165) is 5.69 Å². The zero-order valence-corrected chi connectivity index (χ0v) is 13.6. The molecular weight excluding hydrogens is 290 g/mol. The lowest BCUT2D eigenvalue weighted by molar-refractivity contribution is 0.0295. The quantitative estimate of drug-likeness (QED) is 0.834. The van der Waals surface area contributed by atoms with E-state index in [4.69, 9.17) is 4.74 Å². The van der Waals surface area contributed by atoms with Gasteiger partial charge in [0.15, 0.2) is 0 Å². The van der Waals surface area contributed by atoms with Gasteiger partial charge >= 0.3 is 6.09 Å². The summed E-state index contributed by atoms with van der Waals surface area (Å²) in [5.41, 5.74) is 0.272. The summed E-state index contributed by atoms with van der Waals surface area (Å²) in [7, 11) is -1.25. The third-order valence-corrected chi connectivity index (χ3v) is 4.70. The molecule has 1 aromatic heterocycles. The smallest absolute Gasteiger partial charge is 0.410 e. The van der Waals surface area contributed by atoms with Crippen LogP contribution in [0.2, 0.25) is 0 Å². The van der Waals surface area contributed by atoms with Gasteiger partial charge < -0.3 is 9.64 Å². The van der Waals surface area contributed by atoms with E-state index in [1.54, 1.807) is 17.0 Å². The summed E-state index contributed by atoms with van der Waals surface area (Å²) < 4.78 is 17.8. The minimum atomic E-state index is -1.25. The highest BCUT2D eigenvalue weighted by molar-refractivity contribution is 7.85. The molecule has 0 bridgehead atoms. The van der Waals surface area contributed by atoms with Crippen molar-refractivity contribution in [3.8, 4) is 0 Å². The Balaban J connectivity index is 1.97. The fourth-order valence-corrected chi connectivity index (χ4v) is 3.36. The van der Waals surface area contributed by atoms with Crippen LogP contribution in [0, 0.1) is 6.92 Å². The minimum absolute atomic E-state index is 0.116. The van der Waals surface area contributed by atoms with Gasteiger partial charge in [-0.05, 0) is 46.2 Å². The molecule has 0 N–H and O–H groups in total. The predicted octanol–water partition coefficient (Wildman–Crippen LogP) is 1.90. The van der Waals surface area contributed by atoms with Crippen LogP contribution in [0.4, 0.5) is 4.79 Å². The summed E-state index contributed by atoms with van der Waals surface area (Å²) in [5, 5.41) is 8.25. The molecule has 1 saturated heterocycles. The van der Waals surface area contributed by atoms with Crippen LogP contribution in [0.1, 0.15) is 32.9 Å². The molecule has 0 unspecified atom stereocenters. The Morgan fingerprint density at radius 3 is 2.67 bits per heavy atom. The van der Waals surface area contributed by atoms with Crippen molar-refractivity contribution in [1.82, 2.24) is 15.1 Å². The van der Waals surface area contributed by atoms with Crippen molar-refractivity contribution in [2.75, 3.05) is 13.1 Å². The number of likely N-dealkylation sites (tertiary alicyclic amines) is 1. The molecule has 21 heavy (non-hydrogen) atoms. The van der Waals surface area contributed by atoms with Crippen LogP contribution in [0.25, 0.3) is 0 Å². The SMILES string of the molecule is Cc1ccc([S@@](=O)[C@H]2CCN(C(=O)OC(C)(C)C)C2)nn1. The molecule has 0 spiro atoms. The number of amides is 1. The molecule has 2 atom stereocenters. The maximum absolute atomic E-state index is 12.4. The van der Waals surface area contributed by atoms with Gasteiger partial charge in [0, 0.05) is 13.1 Å². The number of hydrogen-bond acceptors (Lipinski definition) is 5. The number of hydrogen-bond donors (Lipinski definition) is 0. The first kappa shape index (κ1) is 15.9. The van der Waals surface area contributed by atoms with Gasteiger partial charge in [-0.3, -0.25) is 4.21 Å². The van der Waals surface area contributed by atoms with E-state index in [-0.39, 0.29) is 11.3 Å². The average Bonchev–Trinajstić information content (AvgIpc) is 2.86. The predicted molar refractivity (Wildman–Crippen MR) is 79.4 cm³/mol. The van der Waals surface area contributed by atoms with Crippen molar-refractivity contribution in [1.29, 1.82) is 0 Å². The molecule has 0 aromatic carbocycles. The zero-order valence-electron chi connectivity index (χ0n) is 12.8. The molecule has 7 heteroatoms. The van der Waals surface area contributed by atoms with Crippen molar-refractivity contribution in [3.05, 3.63) is 17.8 Å². The van der Waals surface area contributed by atoms with Gasteiger partial charge in [-0.15, -0.1) is 5.10 Å². The third kappa shape index (κ3) is 4.23. The van der Waals surface area contributed by atoms with Crippen molar-refractivity contribution in [3.63, 3.8) is 0 Å². The zero-order chi connectivity index (χ0) is 15.6. The molecule has 0 saturated carbocycles. The number of carbonyl (C=O) groups excluding carboxylic acids is 1. The van der Waals surface area contributed by atoms with Gasteiger partial charge in [0.25, 0.3) is 0 Å². The van der Waals surface area contributed by atoms with Crippen molar-refractivity contribution >= 4 is 16.9 Å². The Morgan fingerprint density at radius 2 is 2.10 bits per heavy atom. The highest BCUT2D eigenvalue weighted by Gasteiger charge is 2.33. The first-order valence-corrected chi connectivity index (χ1v) is 8.16. The lowest BCUT2D eigenvalue weighted by Gasteiger charge is -2.24. The van der Waals surface area contributed by atoms with Crippen LogP contribution in [0.15, 0.2) is 17.2 Å². The number of rotatable bonds is 2.